The quantitative estimate of drug-likeness (QED) is 0.804. The number of carbonyl (C=O) groups excluding carboxylic acids is 1. The third-order valence-corrected chi connectivity index (χ3v) is 4.58. The van der Waals surface area contributed by atoms with Crippen LogP contribution in [0.2, 0.25) is 0 Å². The average Bonchev–Trinajstić information content (AvgIpc) is 2.53. The average molecular weight is 366 g/mol. The molecule has 2 heterocycles. The van der Waals surface area contributed by atoms with Gasteiger partial charge >= 0.3 is 0 Å². The Hall–Kier alpha value is -2.55. The Bertz CT molecular complexity index is 908. The van der Waals surface area contributed by atoms with E-state index in [4.69, 9.17) is 0 Å². The molecule has 0 unspecified atom stereocenters. The number of rotatable bonds is 4. The van der Waals surface area contributed by atoms with Gasteiger partial charge < -0.3 is 5.32 Å². The molecule has 7 nitrogen and oxygen atoms in total. The summed E-state index contributed by atoms with van der Waals surface area (Å²) in [4.78, 5) is 19.8. The number of nitrogens with zero attached hydrogens (tertiary/aromatic N) is 2. The topological polar surface area (TPSA) is 101 Å². The highest BCUT2D eigenvalue weighted by Crippen LogP contribution is 2.21. The van der Waals surface area contributed by atoms with E-state index in [0.29, 0.717) is 11.5 Å². The van der Waals surface area contributed by atoms with Crippen molar-refractivity contribution in [3.8, 4) is 0 Å². The maximum atomic E-state index is 14.1. The monoisotopic (exact) mass is 366 g/mol. The lowest BCUT2D eigenvalue weighted by molar-refractivity contribution is 0.0976. The summed E-state index contributed by atoms with van der Waals surface area (Å²) in [5.74, 6) is -1.82. The Kier molecular flexibility index (Phi) is 5.07. The molecule has 1 amide bonds. The number of hydrogen-bond donors (Lipinski definition) is 2. The molecular weight excluding hydrogens is 347 g/mol. The molecule has 0 radical (unpaired) electrons. The number of amides is 1. The summed E-state index contributed by atoms with van der Waals surface area (Å²) in [6, 6.07) is 6.97. The molecule has 2 rings (SSSR count). The number of aromatic nitrogens is 2. The van der Waals surface area contributed by atoms with Gasteiger partial charge in [-0.25, -0.2) is 14.7 Å². The van der Waals surface area contributed by atoms with E-state index in [1.807, 2.05) is 20.8 Å². The largest absolute Gasteiger partial charge is 0.373 e. The standard InChI is InChI=1S/C16H19FN4O3S/c1-16(2,3)11-9-8-10(14(17)19-11)15(22)21-25(23,24)13-7-5-6-12(18-4)20-13/h5-9H,1-4H3,(H,18,20)(H,21,22). The fourth-order valence-corrected chi connectivity index (χ4v) is 2.89. The van der Waals surface area contributed by atoms with Crippen molar-refractivity contribution in [1.29, 1.82) is 0 Å². The summed E-state index contributed by atoms with van der Waals surface area (Å²) in [5, 5.41) is 2.34. The van der Waals surface area contributed by atoms with Crippen LogP contribution < -0.4 is 10.0 Å². The van der Waals surface area contributed by atoms with Gasteiger partial charge in [0.15, 0.2) is 5.03 Å². The van der Waals surface area contributed by atoms with Crippen LogP contribution in [0.4, 0.5) is 10.2 Å². The molecule has 0 aliphatic heterocycles. The molecule has 2 aromatic heterocycles. The minimum absolute atomic E-state index is 0.317. The first-order valence-electron chi connectivity index (χ1n) is 7.43. The van der Waals surface area contributed by atoms with Gasteiger partial charge in [0.2, 0.25) is 5.95 Å². The van der Waals surface area contributed by atoms with E-state index in [0.717, 1.165) is 0 Å². The Morgan fingerprint density at radius 1 is 1.12 bits per heavy atom. The van der Waals surface area contributed by atoms with Gasteiger partial charge in [-0.3, -0.25) is 4.79 Å². The van der Waals surface area contributed by atoms with Crippen molar-refractivity contribution >= 4 is 21.7 Å². The van der Waals surface area contributed by atoms with Crippen molar-refractivity contribution in [2.24, 2.45) is 0 Å². The van der Waals surface area contributed by atoms with Gasteiger partial charge in [0, 0.05) is 18.2 Å². The number of anilines is 1. The number of halogens is 1. The summed E-state index contributed by atoms with van der Waals surface area (Å²) >= 11 is 0. The van der Waals surface area contributed by atoms with Gasteiger partial charge in [-0.2, -0.15) is 12.8 Å². The van der Waals surface area contributed by atoms with E-state index >= 15 is 0 Å². The van der Waals surface area contributed by atoms with Gasteiger partial charge in [0.25, 0.3) is 15.9 Å². The van der Waals surface area contributed by atoms with Crippen LogP contribution in [0.5, 0.6) is 0 Å². The zero-order chi connectivity index (χ0) is 18.8. The third kappa shape index (κ3) is 4.30. The maximum absolute atomic E-state index is 14.1. The summed E-state index contributed by atoms with van der Waals surface area (Å²) in [6.45, 7) is 5.54. The minimum atomic E-state index is -4.24. The van der Waals surface area contributed by atoms with Gasteiger partial charge in [-0.05, 0) is 24.3 Å². The molecule has 2 N–H and O–H groups in total. The second-order valence-corrected chi connectivity index (χ2v) is 7.96. The number of nitrogens with one attached hydrogen (secondary N) is 2. The molecule has 0 fully saturated rings. The first-order valence-corrected chi connectivity index (χ1v) is 8.92. The van der Waals surface area contributed by atoms with Crippen molar-refractivity contribution in [2.75, 3.05) is 12.4 Å². The molecule has 0 aromatic carbocycles. The van der Waals surface area contributed by atoms with Crippen LogP contribution >= 0.6 is 0 Å². The second-order valence-electron chi connectivity index (χ2n) is 6.33. The molecule has 2 aromatic rings. The summed E-state index contributed by atoms with van der Waals surface area (Å²) in [7, 11) is -2.66. The molecule has 0 bridgehead atoms. The van der Waals surface area contributed by atoms with E-state index in [-0.39, 0.29) is 5.03 Å². The smallest absolute Gasteiger partial charge is 0.281 e. The zero-order valence-electron chi connectivity index (χ0n) is 14.3. The van der Waals surface area contributed by atoms with E-state index < -0.39 is 32.9 Å². The van der Waals surface area contributed by atoms with Gasteiger partial charge in [-0.1, -0.05) is 26.8 Å². The first-order chi connectivity index (χ1) is 11.5. The molecule has 0 saturated heterocycles. The Morgan fingerprint density at radius 3 is 2.36 bits per heavy atom. The van der Waals surface area contributed by atoms with Crippen LogP contribution in [-0.4, -0.2) is 31.3 Å². The van der Waals surface area contributed by atoms with E-state index in [2.05, 4.69) is 15.3 Å². The molecule has 25 heavy (non-hydrogen) atoms. The predicted octanol–water partition coefficient (Wildman–Crippen LogP) is 2.07. The van der Waals surface area contributed by atoms with Crippen molar-refractivity contribution in [3.05, 3.63) is 47.5 Å². The van der Waals surface area contributed by atoms with Crippen LogP contribution in [0.3, 0.4) is 0 Å². The normalized spacial score (nSPS) is 11.9. The number of carbonyl (C=O) groups is 1. The highest BCUT2D eigenvalue weighted by atomic mass is 32.2. The minimum Gasteiger partial charge on any atom is -0.373 e. The fraction of sp³-hybridized carbons (Fsp3) is 0.312. The van der Waals surface area contributed by atoms with Gasteiger partial charge in [0.05, 0.1) is 5.56 Å². The molecule has 0 atom stereocenters. The number of sulfonamides is 1. The number of pyridine rings is 2. The lowest BCUT2D eigenvalue weighted by atomic mass is 9.91. The molecule has 9 heteroatoms. The van der Waals surface area contributed by atoms with Crippen LogP contribution in [-0.2, 0) is 15.4 Å². The van der Waals surface area contributed by atoms with Crippen molar-refractivity contribution < 1.29 is 17.6 Å². The third-order valence-electron chi connectivity index (χ3n) is 3.34. The molecule has 0 saturated carbocycles. The maximum Gasteiger partial charge on any atom is 0.281 e. The van der Waals surface area contributed by atoms with Crippen LogP contribution in [0.25, 0.3) is 0 Å². The molecular formula is C16H19FN4O3S. The van der Waals surface area contributed by atoms with E-state index in [1.54, 1.807) is 17.8 Å². The molecule has 0 spiro atoms. The lowest BCUT2D eigenvalue weighted by Crippen LogP contribution is -2.32. The molecule has 134 valence electrons. The molecule has 0 aliphatic rings. The summed E-state index contributed by atoms with van der Waals surface area (Å²) in [6.07, 6.45) is 0. The fourth-order valence-electron chi connectivity index (χ4n) is 1.95. The number of hydrogen-bond acceptors (Lipinski definition) is 6. The lowest BCUT2D eigenvalue weighted by Gasteiger charge is -2.18. The highest BCUT2D eigenvalue weighted by molar-refractivity contribution is 7.90. The van der Waals surface area contributed by atoms with Gasteiger partial charge in [0.1, 0.15) is 5.82 Å². The summed E-state index contributed by atoms with van der Waals surface area (Å²) < 4.78 is 40.4. The summed E-state index contributed by atoms with van der Waals surface area (Å²) in [5.41, 5.74) is -0.409. The van der Waals surface area contributed by atoms with Gasteiger partial charge in [-0.15, -0.1) is 0 Å². The Balaban J connectivity index is 2.29. The zero-order valence-corrected chi connectivity index (χ0v) is 15.1. The Labute approximate surface area is 145 Å². The van der Waals surface area contributed by atoms with E-state index in [1.165, 1.54) is 24.3 Å². The van der Waals surface area contributed by atoms with Crippen molar-refractivity contribution in [2.45, 2.75) is 31.2 Å². The van der Waals surface area contributed by atoms with Crippen LogP contribution in [0.15, 0.2) is 35.4 Å². The predicted molar refractivity (Wildman–Crippen MR) is 91.3 cm³/mol. The van der Waals surface area contributed by atoms with Crippen molar-refractivity contribution in [3.63, 3.8) is 0 Å². The highest BCUT2D eigenvalue weighted by Gasteiger charge is 2.24. The first kappa shape index (κ1) is 18.8. The Morgan fingerprint density at radius 2 is 1.80 bits per heavy atom. The van der Waals surface area contributed by atoms with Crippen molar-refractivity contribution in [1.82, 2.24) is 14.7 Å². The molecule has 0 aliphatic carbocycles. The van der Waals surface area contributed by atoms with E-state index in [9.17, 15) is 17.6 Å². The second kappa shape index (κ2) is 6.75. The van der Waals surface area contributed by atoms with Crippen LogP contribution in [0, 0.1) is 5.95 Å². The SMILES string of the molecule is CNc1cccc(S(=O)(=O)NC(=O)c2ccc(C(C)(C)C)nc2F)n1. The van der Waals surface area contributed by atoms with Crippen LogP contribution in [0.1, 0.15) is 36.8 Å².